The number of aryl methyl sites for hydroxylation is 1. The van der Waals surface area contributed by atoms with Gasteiger partial charge in [0.2, 0.25) is 5.91 Å². The molecule has 0 saturated carbocycles. The van der Waals surface area contributed by atoms with Crippen molar-refractivity contribution in [1.29, 1.82) is 0 Å². The first-order valence-electron chi connectivity index (χ1n) is 10.5. The summed E-state index contributed by atoms with van der Waals surface area (Å²) in [6.45, 7) is 0.791. The van der Waals surface area contributed by atoms with Crippen molar-refractivity contribution in [3.05, 3.63) is 74.5 Å². The Labute approximate surface area is 196 Å². The first-order chi connectivity index (χ1) is 15.0. The third kappa shape index (κ3) is 4.09. The summed E-state index contributed by atoms with van der Waals surface area (Å²) >= 11 is 19.2. The van der Waals surface area contributed by atoms with Gasteiger partial charge in [0.25, 0.3) is 0 Å². The van der Waals surface area contributed by atoms with Crippen molar-refractivity contribution >= 4 is 40.7 Å². The predicted octanol–water partition coefficient (Wildman–Crippen LogP) is 5.99. The Morgan fingerprint density at radius 2 is 1.77 bits per heavy atom. The molecule has 0 spiro atoms. The van der Waals surface area contributed by atoms with E-state index in [1.165, 1.54) is 11.3 Å². The maximum absolute atomic E-state index is 13.2. The van der Waals surface area contributed by atoms with Crippen LogP contribution in [0.3, 0.4) is 0 Å². The Bertz CT molecular complexity index is 1100. The molecule has 2 atom stereocenters. The van der Waals surface area contributed by atoms with E-state index in [4.69, 9.17) is 34.8 Å². The number of aromatic amines is 1. The van der Waals surface area contributed by atoms with Crippen LogP contribution in [0.15, 0.2) is 42.6 Å². The molecule has 0 bridgehead atoms. The number of benzene rings is 2. The molecule has 2 aromatic carbocycles. The predicted molar refractivity (Wildman–Crippen MR) is 125 cm³/mol. The fourth-order valence-corrected chi connectivity index (χ4v) is 5.60. The van der Waals surface area contributed by atoms with Crippen molar-refractivity contribution in [3.8, 4) is 11.1 Å². The number of carbonyl (C=O) groups excluding carboxylic acids is 1. The number of fused-ring (bicyclic) bond motifs is 1. The van der Waals surface area contributed by atoms with Gasteiger partial charge in [-0.05, 0) is 78.6 Å². The van der Waals surface area contributed by atoms with Crippen molar-refractivity contribution in [3.63, 3.8) is 0 Å². The minimum absolute atomic E-state index is 0.0814. The first kappa shape index (κ1) is 20.9. The zero-order valence-electron chi connectivity index (χ0n) is 16.9. The van der Waals surface area contributed by atoms with E-state index >= 15 is 0 Å². The SMILES string of the molecule is O=C1[C@H](Cc2c(Cl)cc(-c3ccc(Cl)cc3)cc2Cl)CCN1C1CCc2[nH]ncc2C1. The lowest BCUT2D eigenvalue weighted by Gasteiger charge is -2.31. The van der Waals surface area contributed by atoms with Crippen molar-refractivity contribution < 1.29 is 4.79 Å². The number of halogens is 3. The second-order valence-corrected chi connectivity index (χ2v) is 9.67. The highest BCUT2D eigenvalue weighted by Gasteiger charge is 2.37. The molecule has 2 heterocycles. The zero-order chi connectivity index (χ0) is 21.5. The molecule has 1 unspecified atom stereocenters. The van der Waals surface area contributed by atoms with Crippen LogP contribution in [0.25, 0.3) is 11.1 Å². The topological polar surface area (TPSA) is 49.0 Å². The molecule has 31 heavy (non-hydrogen) atoms. The fourth-order valence-electron chi connectivity index (χ4n) is 4.83. The molecule has 1 fully saturated rings. The maximum atomic E-state index is 13.2. The third-order valence-corrected chi connectivity index (χ3v) is 7.48. The van der Waals surface area contributed by atoms with Crippen LogP contribution in [0, 0.1) is 5.92 Å². The van der Waals surface area contributed by atoms with Crippen LogP contribution in [0.4, 0.5) is 0 Å². The van der Waals surface area contributed by atoms with Crippen LogP contribution in [0.2, 0.25) is 15.1 Å². The van der Waals surface area contributed by atoms with Gasteiger partial charge in [0, 0.05) is 39.3 Å². The summed E-state index contributed by atoms with van der Waals surface area (Å²) in [4.78, 5) is 15.3. The average molecular weight is 475 g/mol. The molecule has 3 aromatic rings. The second-order valence-electron chi connectivity index (χ2n) is 8.42. The van der Waals surface area contributed by atoms with E-state index in [2.05, 4.69) is 15.1 Å². The van der Waals surface area contributed by atoms with Gasteiger partial charge >= 0.3 is 0 Å². The molecule has 160 valence electrons. The summed E-state index contributed by atoms with van der Waals surface area (Å²) in [5.74, 6) is 0.132. The quantitative estimate of drug-likeness (QED) is 0.505. The normalized spacial score (nSPS) is 20.9. The van der Waals surface area contributed by atoms with Gasteiger partial charge in [0.15, 0.2) is 0 Å². The van der Waals surface area contributed by atoms with Crippen LogP contribution in [-0.4, -0.2) is 33.6 Å². The van der Waals surface area contributed by atoms with Crippen LogP contribution >= 0.6 is 34.8 Å². The highest BCUT2D eigenvalue weighted by Crippen LogP contribution is 2.36. The van der Waals surface area contributed by atoms with Gasteiger partial charge in [-0.15, -0.1) is 0 Å². The molecular weight excluding hydrogens is 453 g/mol. The third-order valence-electron chi connectivity index (χ3n) is 6.55. The van der Waals surface area contributed by atoms with Gasteiger partial charge in [-0.3, -0.25) is 9.89 Å². The standard InChI is InChI=1S/C24H22Cl3N3O/c25-18-3-1-14(2-4-18)16-11-21(26)20(22(27)12-16)10-15-7-8-30(24(15)31)19-5-6-23-17(9-19)13-28-29-23/h1-4,11-13,15,19H,5-10H2,(H,28,29)/t15-,19?/m0/s1. The molecule has 5 rings (SSSR count). The molecule has 2 aliphatic rings. The van der Waals surface area contributed by atoms with Crippen LogP contribution in [0.1, 0.15) is 29.7 Å². The number of amides is 1. The van der Waals surface area contributed by atoms with E-state index in [1.807, 2.05) is 42.6 Å². The lowest BCUT2D eigenvalue weighted by molar-refractivity contribution is -0.133. The molecule has 1 saturated heterocycles. The second kappa shape index (κ2) is 8.50. The summed E-state index contributed by atoms with van der Waals surface area (Å²) in [6, 6.07) is 11.7. The Hall–Kier alpha value is -2.01. The highest BCUT2D eigenvalue weighted by atomic mass is 35.5. The Morgan fingerprint density at radius 1 is 1.03 bits per heavy atom. The number of nitrogens with zero attached hydrogens (tertiary/aromatic N) is 2. The number of rotatable bonds is 4. The van der Waals surface area contributed by atoms with Crippen molar-refractivity contribution in [2.24, 2.45) is 5.92 Å². The van der Waals surface area contributed by atoms with Gasteiger partial charge in [-0.25, -0.2) is 0 Å². The van der Waals surface area contributed by atoms with E-state index in [0.717, 1.165) is 48.9 Å². The summed E-state index contributed by atoms with van der Waals surface area (Å²) in [5.41, 5.74) is 5.23. The van der Waals surface area contributed by atoms with Gasteiger partial charge in [-0.1, -0.05) is 46.9 Å². The van der Waals surface area contributed by atoms with E-state index in [9.17, 15) is 4.79 Å². The molecule has 1 amide bonds. The van der Waals surface area contributed by atoms with Crippen LogP contribution < -0.4 is 0 Å². The summed E-state index contributed by atoms with van der Waals surface area (Å²) in [5, 5.41) is 9.09. The summed E-state index contributed by atoms with van der Waals surface area (Å²) in [7, 11) is 0. The largest absolute Gasteiger partial charge is 0.339 e. The number of nitrogens with one attached hydrogen (secondary N) is 1. The van der Waals surface area contributed by atoms with E-state index in [-0.39, 0.29) is 17.9 Å². The van der Waals surface area contributed by atoms with Crippen molar-refractivity contribution in [1.82, 2.24) is 15.1 Å². The Balaban J connectivity index is 1.31. The van der Waals surface area contributed by atoms with E-state index in [1.54, 1.807) is 0 Å². The van der Waals surface area contributed by atoms with Gasteiger partial charge < -0.3 is 4.90 Å². The van der Waals surface area contributed by atoms with Crippen molar-refractivity contribution in [2.45, 2.75) is 38.1 Å². The maximum Gasteiger partial charge on any atom is 0.226 e. The molecule has 7 heteroatoms. The number of hydrogen-bond acceptors (Lipinski definition) is 2. The van der Waals surface area contributed by atoms with Gasteiger partial charge in [0.1, 0.15) is 0 Å². The smallest absolute Gasteiger partial charge is 0.226 e. The molecule has 1 aliphatic carbocycles. The number of H-pyrrole nitrogens is 1. The Morgan fingerprint density at radius 3 is 2.52 bits per heavy atom. The molecule has 1 aliphatic heterocycles. The fraction of sp³-hybridized carbons (Fsp3) is 0.333. The van der Waals surface area contributed by atoms with Gasteiger partial charge in [-0.2, -0.15) is 5.10 Å². The van der Waals surface area contributed by atoms with E-state index in [0.29, 0.717) is 21.5 Å². The lowest BCUT2D eigenvalue weighted by Crippen LogP contribution is -2.41. The van der Waals surface area contributed by atoms with Crippen LogP contribution in [-0.2, 0) is 24.1 Å². The Kier molecular flexibility index (Phi) is 5.72. The van der Waals surface area contributed by atoms with Crippen LogP contribution in [0.5, 0.6) is 0 Å². The summed E-state index contributed by atoms with van der Waals surface area (Å²) in [6.07, 6.45) is 6.09. The lowest BCUT2D eigenvalue weighted by atomic mass is 9.92. The van der Waals surface area contributed by atoms with E-state index < -0.39 is 0 Å². The molecular formula is C24H22Cl3N3O. The number of hydrogen-bond donors (Lipinski definition) is 1. The number of likely N-dealkylation sites (tertiary alicyclic amines) is 1. The minimum atomic E-state index is -0.0814. The zero-order valence-corrected chi connectivity index (χ0v) is 19.1. The minimum Gasteiger partial charge on any atom is -0.339 e. The van der Waals surface area contributed by atoms with Crippen molar-refractivity contribution in [2.75, 3.05) is 6.54 Å². The average Bonchev–Trinajstić information content (AvgIpc) is 3.37. The first-order valence-corrected chi connectivity index (χ1v) is 11.7. The number of aromatic nitrogens is 2. The molecule has 4 nitrogen and oxygen atoms in total. The highest BCUT2D eigenvalue weighted by molar-refractivity contribution is 6.36. The molecule has 1 N–H and O–H groups in total. The van der Waals surface area contributed by atoms with Gasteiger partial charge in [0.05, 0.1) is 6.20 Å². The molecule has 0 radical (unpaired) electrons. The molecule has 1 aromatic heterocycles. The number of carbonyl (C=O) groups is 1. The summed E-state index contributed by atoms with van der Waals surface area (Å²) < 4.78 is 0. The monoisotopic (exact) mass is 473 g/mol.